The van der Waals surface area contributed by atoms with Gasteiger partial charge in [-0.1, -0.05) is 19.1 Å². The van der Waals surface area contributed by atoms with Crippen molar-refractivity contribution in [2.75, 3.05) is 5.32 Å². The molecule has 0 spiro atoms. The smallest absolute Gasteiger partial charge is 0.228 e. The molecule has 2 aromatic heterocycles. The molecule has 0 saturated heterocycles. The minimum Gasteiger partial charge on any atom is -0.309 e. The third-order valence-electron chi connectivity index (χ3n) is 2.79. The lowest BCUT2D eigenvalue weighted by Crippen LogP contribution is -2.31. The van der Waals surface area contributed by atoms with E-state index in [4.69, 9.17) is 0 Å². The van der Waals surface area contributed by atoms with Crippen molar-refractivity contribution >= 4 is 23.9 Å². The Bertz CT molecular complexity index is 663. The molecule has 2 heterocycles. The molecule has 2 aromatic rings. The highest BCUT2D eigenvalue weighted by Gasteiger charge is 2.01. The van der Waals surface area contributed by atoms with Gasteiger partial charge < -0.3 is 5.32 Å². The molecule has 0 radical (unpaired) electrons. The predicted octanol–water partition coefficient (Wildman–Crippen LogP) is 1.91. The summed E-state index contributed by atoms with van der Waals surface area (Å²) in [6, 6.07) is 3.80. The highest BCUT2D eigenvalue weighted by atomic mass is 15.1. The molecule has 0 aliphatic carbocycles. The quantitative estimate of drug-likeness (QED) is 0.909. The molecule has 0 unspecified atom stereocenters. The summed E-state index contributed by atoms with van der Waals surface area (Å²) in [5.41, 5.74) is 1.19. The van der Waals surface area contributed by atoms with Gasteiger partial charge in [0.15, 0.2) is 0 Å². The van der Waals surface area contributed by atoms with Crippen LogP contribution in [0.15, 0.2) is 24.5 Å². The van der Waals surface area contributed by atoms with Gasteiger partial charge in [-0.25, -0.2) is 15.0 Å². The zero-order valence-corrected chi connectivity index (χ0v) is 11.5. The second-order valence-electron chi connectivity index (χ2n) is 4.22. The van der Waals surface area contributed by atoms with E-state index in [9.17, 15) is 0 Å². The highest BCUT2D eigenvalue weighted by Crippen LogP contribution is 2.06. The van der Waals surface area contributed by atoms with E-state index in [1.54, 1.807) is 18.5 Å². The van der Waals surface area contributed by atoms with Crippen LogP contribution >= 0.6 is 0 Å². The normalized spacial score (nSPS) is 12.8. The zero-order valence-electron chi connectivity index (χ0n) is 11.5. The summed E-state index contributed by atoms with van der Waals surface area (Å²) in [6.07, 6.45) is 8.58. The van der Waals surface area contributed by atoms with Crippen molar-refractivity contribution < 1.29 is 0 Å². The maximum atomic E-state index is 4.61. The minimum atomic E-state index is 0.560. The fourth-order valence-corrected chi connectivity index (χ4v) is 1.97. The van der Waals surface area contributed by atoms with Crippen molar-refractivity contribution in [2.45, 2.75) is 27.2 Å². The van der Waals surface area contributed by atoms with Crippen LogP contribution in [0.3, 0.4) is 0 Å². The highest BCUT2D eigenvalue weighted by molar-refractivity contribution is 5.50. The number of aryl methyl sites for hydroxylation is 1. The number of pyridine rings is 1. The molecule has 0 fully saturated rings. The number of anilines is 2. The standard InChI is InChI=1S/C15H18N4/c1-4-7-13-12(5-2)11(3)10-14(18-13)19-15-16-8-6-9-17-15/h5-10H,4H2,1-3H3,(H,16,17,18,19)/b12-5-,13-7+. The van der Waals surface area contributed by atoms with Crippen LogP contribution in [0, 0.1) is 6.92 Å². The number of rotatable bonds is 3. The molecule has 0 amide bonds. The summed E-state index contributed by atoms with van der Waals surface area (Å²) in [5.74, 6) is 1.33. The Labute approximate surface area is 113 Å². The number of nitrogens with zero attached hydrogens (tertiary/aromatic N) is 3. The third kappa shape index (κ3) is 3.16. The van der Waals surface area contributed by atoms with Crippen LogP contribution in [0.25, 0.3) is 12.2 Å². The number of hydrogen-bond donors (Lipinski definition) is 1. The molecule has 0 aliphatic heterocycles. The Morgan fingerprint density at radius 1 is 1.26 bits per heavy atom. The van der Waals surface area contributed by atoms with Gasteiger partial charge >= 0.3 is 0 Å². The fourth-order valence-electron chi connectivity index (χ4n) is 1.97. The van der Waals surface area contributed by atoms with Gasteiger partial charge in [-0.15, -0.1) is 0 Å². The second kappa shape index (κ2) is 6.09. The first-order valence-corrected chi connectivity index (χ1v) is 6.42. The van der Waals surface area contributed by atoms with Crippen molar-refractivity contribution in [3.63, 3.8) is 0 Å². The molecular formula is C15H18N4. The number of aromatic nitrogens is 3. The molecule has 98 valence electrons. The van der Waals surface area contributed by atoms with Gasteiger partial charge in [0.05, 0.1) is 5.35 Å². The first-order valence-electron chi connectivity index (χ1n) is 6.42. The van der Waals surface area contributed by atoms with Crippen molar-refractivity contribution in [2.24, 2.45) is 0 Å². The lowest BCUT2D eigenvalue weighted by atomic mass is 10.2. The van der Waals surface area contributed by atoms with Crippen LogP contribution in [0.5, 0.6) is 0 Å². The molecule has 1 N–H and O–H groups in total. The van der Waals surface area contributed by atoms with Gasteiger partial charge in [0.25, 0.3) is 0 Å². The lowest BCUT2D eigenvalue weighted by molar-refractivity contribution is 1.11. The SMILES string of the molecule is C/C=c1/c(C)cc(Nc2ncccn2)n/c1=C/CC. The molecule has 4 heteroatoms. The van der Waals surface area contributed by atoms with E-state index < -0.39 is 0 Å². The average Bonchev–Trinajstić information content (AvgIpc) is 2.40. The van der Waals surface area contributed by atoms with E-state index in [0.29, 0.717) is 5.95 Å². The Morgan fingerprint density at radius 2 is 2.00 bits per heavy atom. The summed E-state index contributed by atoms with van der Waals surface area (Å²) in [6.45, 7) is 6.22. The van der Waals surface area contributed by atoms with E-state index in [1.807, 2.05) is 13.0 Å². The molecule has 19 heavy (non-hydrogen) atoms. The summed E-state index contributed by atoms with van der Waals surface area (Å²) in [5, 5.41) is 5.31. The molecule has 0 atom stereocenters. The van der Waals surface area contributed by atoms with E-state index in [1.165, 1.54) is 10.8 Å². The van der Waals surface area contributed by atoms with E-state index >= 15 is 0 Å². The molecule has 0 aromatic carbocycles. The molecule has 0 saturated carbocycles. The molecular weight excluding hydrogens is 236 g/mol. The predicted molar refractivity (Wildman–Crippen MR) is 78.4 cm³/mol. The van der Waals surface area contributed by atoms with Crippen LogP contribution in [0.2, 0.25) is 0 Å². The van der Waals surface area contributed by atoms with Crippen LogP contribution in [0.1, 0.15) is 25.8 Å². The first-order chi connectivity index (χ1) is 9.24. The molecule has 2 rings (SSSR count). The van der Waals surface area contributed by atoms with Gasteiger partial charge in [-0.05, 0) is 43.2 Å². The van der Waals surface area contributed by atoms with Gasteiger partial charge in [-0.3, -0.25) is 0 Å². The zero-order chi connectivity index (χ0) is 13.7. The first kappa shape index (κ1) is 13.2. The fraction of sp³-hybridized carbons (Fsp3) is 0.267. The Balaban J connectivity index is 2.47. The molecule has 0 bridgehead atoms. The summed E-state index contributed by atoms with van der Waals surface area (Å²) >= 11 is 0. The maximum absolute atomic E-state index is 4.61. The van der Waals surface area contributed by atoms with E-state index in [0.717, 1.165) is 17.6 Å². The molecule has 0 aliphatic rings. The Hall–Kier alpha value is -2.23. The topological polar surface area (TPSA) is 50.7 Å². The van der Waals surface area contributed by atoms with Crippen molar-refractivity contribution in [3.8, 4) is 0 Å². The lowest BCUT2D eigenvalue weighted by Gasteiger charge is -2.05. The number of nitrogens with one attached hydrogen (secondary N) is 1. The minimum absolute atomic E-state index is 0.560. The Kier molecular flexibility index (Phi) is 4.23. The summed E-state index contributed by atoms with van der Waals surface area (Å²) < 4.78 is 0. The largest absolute Gasteiger partial charge is 0.309 e. The van der Waals surface area contributed by atoms with Gasteiger partial charge in [0.2, 0.25) is 5.95 Å². The van der Waals surface area contributed by atoms with Crippen molar-refractivity contribution in [1.82, 2.24) is 15.0 Å². The van der Waals surface area contributed by atoms with Gasteiger partial charge in [-0.2, -0.15) is 0 Å². The number of hydrogen-bond acceptors (Lipinski definition) is 4. The Morgan fingerprint density at radius 3 is 2.63 bits per heavy atom. The van der Waals surface area contributed by atoms with Crippen LogP contribution in [-0.2, 0) is 0 Å². The molecule has 4 nitrogen and oxygen atoms in total. The summed E-state index contributed by atoms with van der Waals surface area (Å²) in [7, 11) is 0. The van der Waals surface area contributed by atoms with Crippen LogP contribution < -0.4 is 15.9 Å². The van der Waals surface area contributed by atoms with Crippen molar-refractivity contribution in [3.05, 3.63) is 40.7 Å². The summed E-state index contributed by atoms with van der Waals surface area (Å²) in [4.78, 5) is 12.9. The van der Waals surface area contributed by atoms with Crippen molar-refractivity contribution in [1.29, 1.82) is 0 Å². The van der Waals surface area contributed by atoms with Gasteiger partial charge in [0, 0.05) is 12.4 Å². The monoisotopic (exact) mass is 254 g/mol. The van der Waals surface area contributed by atoms with E-state index in [2.05, 4.69) is 46.3 Å². The van der Waals surface area contributed by atoms with Gasteiger partial charge in [0.1, 0.15) is 5.82 Å². The van der Waals surface area contributed by atoms with Crippen LogP contribution in [0.4, 0.5) is 11.8 Å². The third-order valence-corrected chi connectivity index (χ3v) is 2.79. The second-order valence-corrected chi connectivity index (χ2v) is 4.22. The maximum Gasteiger partial charge on any atom is 0.228 e. The average molecular weight is 254 g/mol. The van der Waals surface area contributed by atoms with E-state index in [-0.39, 0.29) is 0 Å². The van der Waals surface area contributed by atoms with Crippen LogP contribution in [-0.4, -0.2) is 15.0 Å².